The van der Waals surface area contributed by atoms with E-state index in [1.54, 1.807) is 39.3 Å². The zero-order valence-electron chi connectivity index (χ0n) is 18.6. The third-order valence-corrected chi connectivity index (χ3v) is 5.64. The molecule has 31 heavy (non-hydrogen) atoms. The highest BCUT2D eigenvalue weighted by Crippen LogP contribution is 2.31. The largest absolute Gasteiger partial charge is 0.493 e. The second kappa shape index (κ2) is 9.43. The van der Waals surface area contributed by atoms with Gasteiger partial charge < -0.3 is 19.2 Å². The summed E-state index contributed by atoms with van der Waals surface area (Å²) in [5, 5.41) is 10.9. The molecule has 1 heterocycles. The molecule has 3 aromatic rings. The van der Waals surface area contributed by atoms with Crippen molar-refractivity contribution in [1.82, 2.24) is 10.2 Å². The van der Waals surface area contributed by atoms with Gasteiger partial charge in [-0.25, -0.2) is 0 Å². The average molecular weight is 442 g/mol. The molecular weight excluding hydrogens is 414 g/mol. The predicted octanol–water partition coefficient (Wildman–Crippen LogP) is 5.17. The van der Waals surface area contributed by atoms with Crippen LogP contribution in [-0.4, -0.2) is 35.6 Å². The lowest BCUT2D eigenvalue weighted by Crippen LogP contribution is -2.22. The van der Waals surface area contributed by atoms with Crippen LogP contribution in [0.3, 0.4) is 0 Å². The van der Waals surface area contributed by atoms with Crippen molar-refractivity contribution in [2.75, 3.05) is 19.5 Å². The molecule has 1 unspecified atom stereocenters. The van der Waals surface area contributed by atoms with Crippen molar-refractivity contribution in [2.24, 2.45) is 0 Å². The van der Waals surface area contributed by atoms with E-state index >= 15 is 0 Å². The van der Waals surface area contributed by atoms with Gasteiger partial charge in [0.2, 0.25) is 11.8 Å². The number of carbonyl (C=O) groups excluding carboxylic acids is 1. The van der Waals surface area contributed by atoms with Crippen molar-refractivity contribution >= 4 is 23.4 Å². The molecule has 164 valence electrons. The van der Waals surface area contributed by atoms with Crippen LogP contribution in [0.5, 0.6) is 11.5 Å². The molecule has 7 nitrogen and oxygen atoms in total. The predicted molar refractivity (Wildman–Crippen MR) is 122 cm³/mol. The molecule has 0 fully saturated rings. The van der Waals surface area contributed by atoms with Crippen molar-refractivity contribution in [1.29, 1.82) is 0 Å². The number of thioether (sulfide) groups is 1. The van der Waals surface area contributed by atoms with Crippen LogP contribution in [0.15, 0.2) is 52.1 Å². The highest BCUT2D eigenvalue weighted by Gasteiger charge is 2.20. The topological polar surface area (TPSA) is 86.5 Å². The van der Waals surface area contributed by atoms with Crippen LogP contribution in [0.2, 0.25) is 0 Å². The van der Waals surface area contributed by atoms with E-state index in [1.165, 1.54) is 17.3 Å². The van der Waals surface area contributed by atoms with Gasteiger partial charge in [0, 0.05) is 17.3 Å². The minimum atomic E-state index is -0.440. The fourth-order valence-corrected chi connectivity index (χ4v) is 3.53. The number of benzene rings is 2. The van der Waals surface area contributed by atoms with Gasteiger partial charge in [0.05, 0.1) is 19.5 Å². The molecule has 2 aromatic carbocycles. The Morgan fingerprint density at radius 2 is 1.71 bits per heavy atom. The van der Waals surface area contributed by atoms with Crippen LogP contribution in [0, 0.1) is 0 Å². The van der Waals surface area contributed by atoms with Crippen molar-refractivity contribution < 1.29 is 18.7 Å². The first-order valence-electron chi connectivity index (χ1n) is 9.85. The molecule has 0 aliphatic heterocycles. The summed E-state index contributed by atoms with van der Waals surface area (Å²) in [5.74, 6) is 1.37. The van der Waals surface area contributed by atoms with Gasteiger partial charge in [0.25, 0.3) is 5.22 Å². The normalized spacial score (nSPS) is 12.3. The minimum Gasteiger partial charge on any atom is -0.493 e. The number of nitrogens with zero attached hydrogens (tertiary/aromatic N) is 2. The summed E-state index contributed by atoms with van der Waals surface area (Å²) < 4.78 is 16.2. The van der Waals surface area contributed by atoms with Crippen molar-refractivity contribution in [2.45, 2.75) is 43.6 Å². The monoisotopic (exact) mass is 441 g/mol. The van der Waals surface area contributed by atoms with Gasteiger partial charge in [-0.15, -0.1) is 10.2 Å². The van der Waals surface area contributed by atoms with E-state index in [0.29, 0.717) is 28.3 Å². The van der Waals surface area contributed by atoms with Crippen LogP contribution < -0.4 is 14.8 Å². The highest BCUT2D eigenvalue weighted by molar-refractivity contribution is 8.00. The Kier molecular flexibility index (Phi) is 6.90. The molecule has 1 atom stereocenters. The van der Waals surface area contributed by atoms with Crippen molar-refractivity contribution in [3.8, 4) is 23.0 Å². The third kappa shape index (κ3) is 5.58. The number of hydrogen-bond acceptors (Lipinski definition) is 7. The molecule has 1 amide bonds. The molecule has 0 saturated carbocycles. The summed E-state index contributed by atoms with van der Waals surface area (Å²) in [6.07, 6.45) is 0. The van der Waals surface area contributed by atoms with E-state index in [-0.39, 0.29) is 11.3 Å². The maximum Gasteiger partial charge on any atom is 0.277 e. The number of hydrogen-bond donors (Lipinski definition) is 1. The molecule has 0 saturated heterocycles. The number of methoxy groups -OCH3 is 2. The standard InChI is InChI=1S/C23H27N3O4S/c1-14(20(27)24-17-11-12-18(28-5)19(13-17)29-6)31-22-26-25-21(30-22)15-7-9-16(10-8-15)23(2,3)4/h7-14H,1-6H3,(H,24,27). The van der Waals surface area contributed by atoms with E-state index in [9.17, 15) is 4.79 Å². The minimum absolute atomic E-state index is 0.0745. The zero-order valence-corrected chi connectivity index (χ0v) is 19.4. The number of amides is 1. The Balaban J connectivity index is 1.64. The number of rotatable bonds is 7. The van der Waals surface area contributed by atoms with E-state index in [4.69, 9.17) is 13.9 Å². The lowest BCUT2D eigenvalue weighted by Gasteiger charge is -2.18. The van der Waals surface area contributed by atoms with Crippen molar-refractivity contribution in [3.05, 3.63) is 48.0 Å². The Hall–Kier alpha value is -3.00. The van der Waals surface area contributed by atoms with Crippen LogP contribution in [0.1, 0.15) is 33.3 Å². The number of nitrogens with one attached hydrogen (secondary N) is 1. The second-order valence-electron chi connectivity index (χ2n) is 8.02. The lowest BCUT2D eigenvalue weighted by atomic mass is 9.87. The van der Waals surface area contributed by atoms with E-state index < -0.39 is 5.25 Å². The SMILES string of the molecule is COc1ccc(NC(=O)C(C)Sc2nnc(-c3ccc(C(C)(C)C)cc3)o2)cc1OC. The van der Waals surface area contributed by atoms with Crippen LogP contribution >= 0.6 is 11.8 Å². The summed E-state index contributed by atoms with van der Waals surface area (Å²) in [4.78, 5) is 12.6. The summed E-state index contributed by atoms with van der Waals surface area (Å²) in [5.41, 5.74) is 2.76. The van der Waals surface area contributed by atoms with Crippen LogP contribution in [-0.2, 0) is 10.2 Å². The summed E-state index contributed by atoms with van der Waals surface area (Å²) in [7, 11) is 3.11. The number of carbonyl (C=O) groups is 1. The maximum atomic E-state index is 12.6. The van der Waals surface area contributed by atoms with Crippen LogP contribution in [0.4, 0.5) is 5.69 Å². The Morgan fingerprint density at radius 1 is 1.03 bits per heavy atom. The average Bonchev–Trinajstić information content (AvgIpc) is 3.21. The Bertz CT molecular complexity index is 1040. The fourth-order valence-electron chi connectivity index (χ4n) is 2.85. The summed E-state index contributed by atoms with van der Waals surface area (Å²) in [6, 6.07) is 13.3. The first kappa shape index (κ1) is 22.7. The van der Waals surface area contributed by atoms with Crippen LogP contribution in [0.25, 0.3) is 11.5 Å². The molecule has 1 aromatic heterocycles. The first-order valence-corrected chi connectivity index (χ1v) is 10.7. The molecule has 0 aliphatic carbocycles. The Morgan fingerprint density at radius 3 is 2.32 bits per heavy atom. The van der Waals surface area contributed by atoms with Gasteiger partial charge in [-0.3, -0.25) is 4.79 Å². The maximum absolute atomic E-state index is 12.6. The Labute approximate surface area is 186 Å². The van der Waals surface area contributed by atoms with Gasteiger partial charge in [-0.2, -0.15) is 0 Å². The second-order valence-corrected chi connectivity index (χ2v) is 9.31. The molecule has 0 bridgehead atoms. The summed E-state index contributed by atoms with van der Waals surface area (Å²) >= 11 is 1.20. The molecule has 8 heteroatoms. The molecule has 0 aliphatic rings. The summed E-state index contributed by atoms with van der Waals surface area (Å²) in [6.45, 7) is 8.27. The van der Waals surface area contributed by atoms with Crippen molar-refractivity contribution in [3.63, 3.8) is 0 Å². The number of anilines is 1. The lowest BCUT2D eigenvalue weighted by molar-refractivity contribution is -0.115. The third-order valence-electron chi connectivity index (χ3n) is 4.70. The van der Waals surface area contributed by atoms with Gasteiger partial charge >= 0.3 is 0 Å². The number of ether oxygens (including phenoxy) is 2. The zero-order chi connectivity index (χ0) is 22.6. The molecule has 1 N–H and O–H groups in total. The molecule has 0 radical (unpaired) electrons. The molecule has 0 spiro atoms. The van der Waals surface area contributed by atoms with Gasteiger partial charge in [-0.1, -0.05) is 44.7 Å². The molecular formula is C23H27N3O4S. The van der Waals surface area contributed by atoms with Gasteiger partial charge in [0.15, 0.2) is 11.5 Å². The van der Waals surface area contributed by atoms with E-state index in [0.717, 1.165) is 5.56 Å². The van der Waals surface area contributed by atoms with E-state index in [1.807, 2.05) is 12.1 Å². The first-order chi connectivity index (χ1) is 14.7. The smallest absolute Gasteiger partial charge is 0.277 e. The van der Waals surface area contributed by atoms with E-state index in [2.05, 4.69) is 48.4 Å². The molecule has 3 rings (SSSR count). The van der Waals surface area contributed by atoms with Gasteiger partial charge in [0.1, 0.15) is 0 Å². The quantitative estimate of drug-likeness (QED) is 0.506. The van der Waals surface area contributed by atoms with Gasteiger partial charge in [-0.05, 0) is 42.2 Å². The highest BCUT2D eigenvalue weighted by atomic mass is 32.2. The number of aromatic nitrogens is 2. The fraction of sp³-hybridized carbons (Fsp3) is 0.348.